The molecule has 0 unspecified atom stereocenters. The first-order chi connectivity index (χ1) is 14.2. The Kier molecular flexibility index (Phi) is 5.79. The molecule has 1 N–H and O–H groups in total. The van der Waals surface area contributed by atoms with Crippen molar-refractivity contribution in [3.63, 3.8) is 0 Å². The van der Waals surface area contributed by atoms with Crippen molar-refractivity contribution in [1.29, 1.82) is 0 Å². The topological polar surface area (TPSA) is 67.5 Å². The number of benzene rings is 2. The van der Waals surface area contributed by atoms with Gasteiger partial charge in [0.15, 0.2) is 5.76 Å². The van der Waals surface area contributed by atoms with Gasteiger partial charge in [-0.15, -0.1) is 0 Å². The molecular formula is C23H25N3O3. The van der Waals surface area contributed by atoms with Gasteiger partial charge in [-0.1, -0.05) is 42.5 Å². The first-order valence-electron chi connectivity index (χ1n) is 10.1. The third kappa shape index (κ3) is 4.77. The van der Waals surface area contributed by atoms with E-state index in [4.69, 9.17) is 4.42 Å². The van der Waals surface area contributed by atoms with E-state index in [0.717, 1.165) is 24.2 Å². The van der Waals surface area contributed by atoms with Crippen LogP contribution in [0, 0.1) is 0 Å². The second kappa shape index (κ2) is 8.82. The Morgan fingerprint density at radius 3 is 2.41 bits per heavy atom. The lowest BCUT2D eigenvalue weighted by atomic mass is 10.1. The highest BCUT2D eigenvalue weighted by Crippen LogP contribution is 2.20. The lowest BCUT2D eigenvalue weighted by Crippen LogP contribution is -2.30. The summed E-state index contributed by atoms with van der Waals surface area (Å²) in [5.74, 6) is -0.311. The standard InChI is InChI=1S/C23H25N3O3/c27-22(17-26-16-21(29-23(26)28)19-7-3-1-4-8-19)24-15-18-9-11-20(12-10-18)25-13-5-2-6-14-25/h1,3-4,7-12,16H,2,5-6,13-15,17H2,(H,24,27). The van der Waals surface area contributed by atoms with E-state index in [9.17, 15) is 9.59 Å². The summed E-state index contributed by atoms with van der Waals surface area (Å²) in [5, 5.41) is 2.87. The first kappa shape index (κ1) is 19.1. The van der Waals surface area contributed by atoms with E-state index in [2.05, 4.69) is 22.3 Å². The highest BCUT2D eigenvalue weighted by Gasteiger charge is 2.12. The number of piperidine rings is 1. The lowest BCUT2D eigenvalue weighted by Gasteiger charge is -2.28. The zero-order valence-electron chi connectivity index (χ0n) is 16.3. The molecule has 1 aliphatic heterocycles. The van der Waals surface area contributed by atoms with E-state index in [1.54, 1.807) is 6.20 Å². The van der Waals surface area contributed by atoms with Crippen molar-refractivity contribution in [2.24, 2.45) is 0 Å². The molecule has 1 amide bonds. The molecule has 6 heteroatoms. The van der Waals surface area contributed by atoms with Crippen molar-refractivity contribution in [3.05, 3.63) is 76.9 Å². The number of nitrogens with one attached hydrogen (secondary N) is 1. The van der Waals surface area contributed by atoms with Gasteiger partial charge in [0.2, 0.25) is 5.91 Å². The van der Waals surface area contributed by atoms with Crippen LogP contribution in [0.4, 0.5) is 5.69 Å². The Balaban J connectivity index is 1.32. The normalized spacial score (nSPS) is 14.0. The first-order valence-corrected chi connectivity index (χ1v) is 10.1. The summed E-state index contributed by atoms with van der Waals surface area (Å²) in [5.41, 5.74) is 3.07. The summed E-state index contributed by atoms with van der Waals surface area (Å²) in [6.07, 6.45) is 5.38. The summed E-state index contributed by atoms with van der Waals surface area (Å²) in [6, 6.07) is 17.7. The third-order valence-corrected chi connectivity index (χ3v) is 5.22. The average molecular weight is 391 g/mol. The summed E-state index contributed by atoms with van der Waals surface area (Å²) in [6.45, 7) is 2.58. The van der Waals surface area contributed by atoms with Crippen molar-refractivity contribution < 1.29 is 9.21 Å². The van der Waals surface area contributed by atoms with Crippen LogP contribution in [0.2, 0.25) is 0 Å². The number of oxazole rings is 1. The second-order valence-electron chi connectivity index (χ2n) is 7.35. The SMILES string of the molecule is O=C(Cn1cc(-c2ccccc2)oc1=O)NCc1ccc(N2CCCCC2)cc1. The molecule has 0 bridgehead atoms. The number of hydrogen-bond acceptors (Lipinski definition) is 4. The van der Waals surface area contributed by atoms with E-state index >= 15 is 0 Å². The van der Waals surface area contributed by atoms with Crippen LogP contribution in [0.3, 0.4) is 0 Å². The van der Waals surface area contributed by atoms with Crippen molar-refractivity contribution >= 4 is 11.6 Å². The molecule has 1 aliphatic rings. The Labute approximate surface area is 169 Å². The van der Waals surface area contributed by atoms with E-state index in [0.29, 0.717) is 12.3 Å². The van der Waals surface area contributed by atoms with Crippen molar-refractivity contribution in [2.45, 2.75) is 32.4 Å². The smallest absolute Gasteiger partial charge is 0.408 e. The van der Waals surface area contributed by atoms with E-state index < -0.39 is 5.76 Å². The third-order valence-electron chi connectivity index (χ3n) is 5.22. The second-order valence-corrected chi connectivity index (χ2v) is 7.35. The highest BCUT2D eigenvalue weighted by atomic mass is 16.4. The minimum Gasteiger partial charge on any atom is -0.408 e. The molecule has 6 nitrogen and oxygen atoms in total. The van der Waals surface area contributed by atoms with Crippen LogP contribution in [0.25, 0.3) is 11.3 Å². The molecule has 1 saturated heterocycles. The van der Waals surface area contributed by atoms with Crippen molar-refractivity contribution in [1.82, 2.24) is 9.88 Å². The summed E-state index contributed by atoms with van der Waals surface area (Å²) in [4.78, 5) is 26.7. The van der Waals surface area contributed by atoms with Gasteiger partial charge in [-0.25, -0.2) is 4.79 Å². The number of anilines is 1. The minimum absolute atomic E-state index is 0.0684. The zero-order valence-corrected chi connectivity index (χ0v) is 16.3. The summed E-state index contributed by atoms with van der Waals surface area (Å²) < 4.78 is 6.55. The Hall–Kier alpha value is -3.28. The fourth-order valence-electron chi connectivity index (χ4n) is 3.61. The van der Waals surface area contributed by atoms with Crippen molar-refractivity contribution in [3.8, 4) is 11.3 Å². The van der Waals surface area contributed by atoms with Crippen molar-refractivity contribution in [2.75, 3.05) is 18.0 Å². The molecule has 0 atom stereocenters. The predicted molar refractivity (Wildman–Crippen MR) is 113 cm³/mol. The molecule has 1 aromatic heterocycles. The van der Waals surface area contributed by atoms with Crippen LogP contribution < -0.4 is 16.0 Å². The zero-order chi connectivity index (χ0) is 20.1. The van der Waals surface area contributed by atoms with Crippen LogP contribution >= 0.6 is 0 Å². The molecule has 4 rings (SSSR count). The molecular weight excluding hydrogens is 366 g/mol. The Bertz CT molecular complexity index is 1000. The number of aromatic nitrogens is 1. The molecule has 150 valence electrons. The van der Waals surface area contributed by atoms with Crippen LogP contribution in [0.15, 0.2) is 70.0 Å². The van der Waals surface area contributed by atoms with Crippen LogP contribution in [0.1, 0.15) is 24.8 Å². The number of rotatable bonds is 6. The molecule has 0 spiro atoms. The largest absolute Gasteiger partial charge is 0.419 e. The van der Waals surface area contributed by atoms with Crippen LogP contribution in [-0.4, -0.2) is 23.6 Å². The van der Waals surface area contributed by atoms with E-state index in [1.807, 2.05) is 42.5 Å². The molecule has 0 saturated carbocycles. The van der Waals surface area contributed by atoms with Gasteiger partial charge in [0.1, 0.15) is 6.54 Å². The number of amides is 1. The monoisotopic (exact) mass is 391 g/mol. The molecule has 3 aromatic rings. The maximum Gasteiger partial charge on any atom is 0.419 e. The molecule has 2 aromatic carbocycles. The van der Waals surface area contributed by atoms with Crippen LogP contribution in [-0.2, 0) is 17.9 Å². The van der Waals surface area contributed by atoms with Crippen LogP contribution in [0.5, 0.6) is 0 Å². The molecule has 2 heterocycles. The summed E-state index contributed by atoms with van der Waals surface area (Å²) in [7, 11) is 0. The van der Waals surface area contributed by atoms with Gasteiger partial charge in [0, 0.05) is 30.9 Å². The fraction of sp³-hybridized carbons (Fsp3) is 0.304. The Morgan fingerprint density at radius 1 is 0.966 bits per heavy atom. The number of carbonyl (C=O) groups is 1. The molecule has 0 aliphatic carbocycles. The quantitative estimate of drug-likeness (QED) is 0.699. The highest BCUT2D eigenvalue weighted by molar-refractivity contribution is 5.75. The molecule has 0 radical (unpaired) electrons. The summed E-state index contributed by atoms with van der Waals surface area (Å²) >= 11 is 0. The van der Waals surface area contributed by atoms with Gasteiger partial charge in [-0.05, 0) is 37.0 Å². The van der Waals surface area contributed by atoms with Gasteiger partial charge in [0.25, 0.3) is 0 Å². The van der Waals surface area contributed by atoms with Gasteiger partial charge < -0.3 is 14.6 Å². The Morgan fingerprint density at radius 2 is 1.69 bits per heavy atom. The van der Waals surface area contributed by atoms with E-state index in [-0.39, 0.29) is 12.5 Å². The molecule has 1 fully saturated rings. The maximum atomic E-state index is 12.3. The fourth-order valence-corrected chi connectivity index (χ4v) is 3.61. The predicted octanol–water partition coefficient (Wildman–Crippen LogP) is 3.42. The van der Waals surface area contributed by atoms with Gasteiger partial charge >= 0.3 is 5.76 Å². The number of carbonyl (C=O) groups excluding carboxylic acids is 1. The van der Waals surface area contributed by atoms with E-state index in [1.165, 1.54) is 29.5 Å². The van der Waals surface area contributed by atoms with Gasteiger partial charge in [0.05, 0.1) is 6.20 Å². The average Bonchev–Trinajstić information content (AvgIpc) is 3.14. The lowest BCUT2D eigenvalue weighted by molar-refractivity contribution is -0.121. The maximum absolute atomic E-state index is 12.3. The number of hydrogen-bond donors (Lipinski definition) is 1. The minimum atomic E-state index is -0.537. The van der Waals surface area contributed by atoms with Gasteiger partial charge in [-0.3, -0.25) is 9.36 Å². The number of nitrogens with zero attached hydrogens (tertiary/aromatic N) is 2. The molecule has 29 heavy (non-hydrogen) atoms. The van der Waals surface area contributed by atoms with Gasteiger partial charge in [-0.2, -0.15) is 0 Å².